The Labute approximate surface area is 170 Å². The predicted octanol–water partition coefficient (Wildman–Crippen LogP) is 4.15. The number of carbonyl (C=O) groups excluding carboxylic acids is 1. The van der Waals surface area contributed by atoms with Crippen LogP contribution in [0, 0.1) is 0 Å². The molecule has 0 unspecified atom stereocenters. The second-order valence-electron chi connectivity index (χ2n) is 9.41. The lowest BCUT2D eigenvalue weighted by Crippen LogP contribution is -2.44. The molecule has 2 N–H and O–H groups in total. The Hall–Kier alpha value is -1.39. The average Bonchev–Trinajstić information content (AvgIpc) is 2.96. The summed E-state index contributed by atoms with van der Waals surface area (Å²) in [6.07, 6.45) is 13.5. The van der Waals surface area contributed by atoms with Crippen molar-refractivity contribution in [3.05, 3.63) is 35.4 Å². The minimum Gasteiger partial charge on any atom is -0.366 e. The van der Waals surface area contributed by atoms with Crippen LogP contribution in [0.15, 0.2) is 24.3 Å². The second kappa shape index (κ2) is 8.96. The van der Waals surface area contributed by atoms with Crippen LogP contribution in [0.25, 0.3) is 0 Å². The SMILES string of the molecule is CN(CCCN1[C@@H]2CC[C@H]1C[C@@H](c1cccc(C(N)=O)c1)C2)C1CCCCC1. The van der Waals surface area contributed by atoms with Crippen molar-refractivity contribution in [3.8, 4) is 0 Å². The van der Waals surface area contributed by atoms with Crippen LogP contribution in [-0.4, -0.2) is 54.0 Å². The summed E-state index contributed by atoms with van der Waals surface area (Å²) < 4.78 is 0. The summed E-state index contributed by atoms with van der Waals surface area (Å²) in [5.41, 5.74) is 7.44. The molecule has 1 saturated carbocycles. The first-order valence-electron chi connectivity index (χ1n) is 11.5. The Bertz CT molecular complexity index is 656. The summed E-state index contributed by atoms with van der Waals surface area (Å²) in [4.78, 5) is 17.0. The van der Waals surface area contributed by atoms with E-state index in [1.165, 1.54) is 82.9 Å². The van der Waals surface area contributed by atoms with Crippen molar-refractivity contribution in [1.29, 1.82) is 0 Å². The van der Waals surface area contributed by atoms with Gasteiger partial charge in [-0.25, -0.2) is 0 Å². The van der Waals surface area contributed by atoms with Crippen LogP contribution < -0.4 is 5.73 Å². The summed E-state index contributed by atoms with van der Waals surface area (Å²) in [5.74, 6) is 0.266. The lowest BCUT2D eigenvalue weighted by Gasteiger charge is -2.40. The molecule has 2 heterocycles. The van der Waals surface area contributed by atoms with Crippen molar-refractivity contribution in [2.24, 2.45) is 5.73 Å². The third kappa shape index (κ3) is 4.44. The largest absolute Gasteiger partial charge is 0.366 e. The van der Waals surface area contributed by atoms with Gasteiger partial charge in [0.2, 0.25) is 5.91 Å². The average molecular weight is 384 g/mol. The minimum atomic E-state index is -0.315. The molecule has 154 valence electrons. The maximum absolute atomic E-state index is 11.5. The highest BCUT2D eigenvalue weighted by molar-refractivity contribution is 5.92. The lowest BCUT2D eigenvalue weighted by molar-refractivity contribution is 0.1000. The molecule has 1 aromatic carbocycles. The molecular weight excluding hydrogens is 346 g/mol. The Morgan fingerprint density at radius 1 is 1.11 bits per heavy atom. The van der Waals surface area contributed by atoms with E-state index in [0.29, 0.717) is 11.5 Å². The van der Waals surface area contributed by atoms with E-state index in [1.807, 2.05) is 18.2 Å². The monoisotopic (exact) mass is 383 g/mol. The first-order valence-corrected chi connectivity index (χ1v) is 11.5. The van der Waals surface area contributed by atoms with E-state index in [1.54, 1.807) is 0 Å². The van der Waals surface area contributed by atoms with E-state index in [2.05, 4.69) is 22.9 Å². The van der Waals surface area contributed by atoms with Crippen LogP contribution in [0.4, 0.5) is 0 Å². The number of hydrogen-bond acceptors (Lipinski definition) is 3. The maximum atomic E-state index is 11.5. The van der Waals surface area contributed by atoms with Crippen molar-refractivity contribution in [2.45, 2.75) is 88.3 Å². The Balaban J connectivity index is 1.29. The zero-order valence-electron chi connectivity index (χ0n) is 17.5. The van der Waals surface area contributed by atoms with Gasteiger partial charge in [-0.05, 0) is 88.7 Å². The number of carbonyl (C=O) groups is 1. The van der Waals surface area contributed by atoms with Crippen LogP contribution in [-0.2, 0) is 0 Å². The molecule has 3 fully saturated rings. The summed E-state index contributed by atoms with van der Waals surface area (Å²) in [5, 5.41) is 0. The lowest BCUT2D eigenvalue weighted by atomic mass is 9.84. The summed E-state index contributed by atoms with van der Waals surface area (Å²) in [6, 6.07) is 10.3. The quantitative estimate of drug-likeness (QED) is 0.769. The molecule has 1 aliphatic carbocycles. The smallest absolute Gasteiger partial charge is 0.248 e. The summed E-state index contributed by atoms with van der Waals surface area (Å²) >= 11 is 0. The standard InChI is InChI=1S/C24H37N3O/c1-26(21-9-3-2-4-10-21)13-6-14-27-22-11-12-23(27)17-20(16-22)18-7-5-8-19(15-18)24(25)28/h5,7-8,15,20-23H,2-4,6,9-14,16-17H2,1H3,(H2,25,28)/t20-,22+,23-. The van der Waals surface area contributed by atoms with Crippen molar-refractivity contribution in [3.63, 3.8) is 0 Å². The van der Waals surface area contributed by atoms with Gasteiger partial charge < -0.3 is 10.6 Å². The van der Waals surface area contributed by atoms with Crippen LogP contribution >= 0.6 is 0 Å². The number of hydrogen-bond donors (Lipinski definition) is 1. The molecule has 2 aliphatic heterocycles. The van der Waals surface area contributed by atoms with Crippen LogP contribution in [0.5, 0.6) is 0 Å². The van der Waals surface area contributed by atoms with Crippen LogP contribution in [0.3, 0.4) is 0 Å². The van der Waals surface area contributed by atoms with Gasteiger partial charge in [-0.1, -0.05) is 31.4 Å². The molecule has 1 amide bonds. The van der Waals surface area contributed by atoms with Crippen LogP contribution in [0.1, 0.15) is 86.0 Å². The minimum absolute atomic E-state index is 0.315. The molecule has 2 bridgehead atoms. The normalized spacial score (nSPS) is 28.7. The second-order valence-corrected chi connectivity index (χ2v) is 9.41. The molecule has 2 saturated heterocycles. The van der Waals surface area contributed by atoms with Crippen molar-refractivity contribution in [1.82, 2.24) is 9.80 Å². The fourth-order valence-corrected chi connectivity index (χ4v) is 6.06. The third-order valence-electron chi connectivity index (χ3n) is 7.65. The molecule has 1 aromatic rings. The summed E-state index contributed by atoms with van der Waals surface area (Å²) in [7, 11) is 2.34. The number of rotatable bonds is 7. The third-order valence-corrected chi connectivity index (χ3v) is 7.65. The van der Waals surface area contributed by atoms with E-state index < -0.39 is 0 Å². The highest BCUT2D eigenvalue weighted by atomic mass is 16.1. The number of nitrogens with two attached hydrogens (primary N) is 1. The molecule has 0 aromatic heterocycles. The van der Waals surface area contributed by atoms with Gasteiger partial charge in [-0.3, -0.25) is 9.69 Å². The van der Waals surface area contributed by atoms with Crippen molar-refractivity contribution < 1.29 is 4.79 Å². The Morgan fingerprint density at radius 3 is 2.50 bits per heavy atom. The highest BCUT2D eigenvalue weighted by Crippen LogP contribution is 2.43. The summed E-state index contributed by atoms with van der Waals surface area (Å²) in [6.45, 7) is 2.49. The first kappa shape index (κ1) is 19.9. The molecule has 0 radical (unpaired) electrons. The highest BCUT2D eigenvalue weighted by Gasteiger charge is 2.40. The van der Waals surface area contributed by atoms with E-state index >= 15 is 0 Å². The fraction of sp³-hybridized carbons (Fsp3) is 0.708. The van der Waals surface area contributed by atoms with Crippen molar-refractivity contribution in [2.75, 3.05) is 20.1 Å². The molecule has 3 atom stereocenters. The number of piperidine rings is 1. The first-order chi connectivity index (χ1) is 13.6. The Kier molecular flexibility index (Phi) is 6.37. The maximum Gasteiger partial charge on any atom is 0.248 e. The number of nitrogens with zero attached hydrogens (tertiary/aromatic N) is 2. The van der Waals surface area contributed by atoms with Crippen LogP contribution in [0.2, 0.25) is 0 Å². The fourth-order valence-electron chi connectivity index (χ4n) is 6.06. The molecule has 0 spiro atoms. The molecular formula is C24H37N3O. The number of benzene rings is 1. The molecule has 3 aliphatic rings. The van der Waals surface area contributed by atoms with Crippen molar-refractivity contribution >= 4 is 5.91 Å². The van der Waals surface area contributed by atoms with Gasteiger partial charge in [0.1, 0.15) is 0 Å². The van der Waals surface area contributed by atoms with Gasteiger partial charge in [0.05, 0.1) is 0 Å². The van der Waals surface area contributed by atoms with E-state index in [4.69, 9.17) is 5.73 Å². The van der Waals surface area contributed by atoms with Gasteiger partial charge in [0.25, 0.3) is 0 Å². The van der Waals surface area contributed by atoms with Gasteiger partial charge in [0, 0.05) is 23.7 Å². The Morgan fingerprint density at radius 2 is 1.82 bits per heavy atom. The topological polar surface area (TPSA) is 49.6 Å². The molecule has 4 rings (SSSR count). The van der Waals surface area contributed by atoms with E-state index in [-0.39, 0.29) is 5.91 Å². The molecule has 28 heavy (non-hydrogen) atoms. The van der Waals surface area contributed by atoms with Gasteiger partial charge in [0.15, 0.2) is 0 Å². The van der Waals surface area contributed by atoms with E-state index in [0.717, 1.165) is 18.1 Å². The van der Waals surface area contributed by atoms with E-state index in [9.17, 15) is 4.79 Å². The zero-order chi connectivity index (χ0) is 19.5. The molecule has 4 nitrogen and oxygen atoms in total. The zero-order valence-corrected chi connectivity index (χ0v) is 17.5. The van der Waals surface area contributed by atoms with Gasteiger partial charge in [-0.15, -0.1) is 0 Å². The predicted molar refractivity (Wildman–Crippen MR) is 115 cm³/mol. The number of fused-ring (bicyclic) bond motifs is 2. The van der Waals surface area contributed by atoms with Gasteiger partial charge >= 0.3 is 0 Å². The van der Waals surface area contributed by atoms with Gasteiger partial charge in [-0.2, -0.15) is 0 Å². The molecule has 4 heteroatoms. The number of primary amides is 1. The number of amides is 1.